The predicted molar refractivity (Wildman–Crippen MR) is 66.2 cm³/mol. The van der Waals surface area contributed by atoms with Gasteiger partial charge in [0.1, 0.15) is 5.00 Å². The van der Waals surface area contributed by atoms with Crippen LogP contribution in [0.1, 0.15) is 10.4 Å². The first-order chi connectivity index (χ1) is 8.15. The van der Waals surface area contributed by atoms with Crippen LogP contribution < -0.4 is 16.4 Å². The molecular weight excluding hydrogens is 242 g/mol. The lowest BCUT2D eigenvalue weighted by atomic mass is 10.3. The normalized spacial score (nSPS) is 10.2. The number of nitrogens with one attached hydrogen (secondary N) is 2. The number of amides is 2. The Bertz CT molecular complexity index is 392. The highest BCUT2D eigenvalue weighted by Crippen LogP contribution is 2.22. The Morgan fingerprint density at radius 2 is 2.29 bits per heavy atom. The average Bonchev–Trinajstić information content (AvgIpc) is 2.72. The van der Waals surface area contributed by atoms with Crippen LogP contribution >= 0.6 is 11.3 Å². The van der Waals surface area contributed by atoms with E-state index in [-0.39, 0.29) is 12.5 Å². The zero-order valence-electron chi connectivity index (χ0n) is 9.49. The molecular formula is C10H15N3O3S. The summed E-state index contributed by atoms with van der Waals surface area (Å²) >= 11 is 1.26. The second-order valence-electron chi connectivity index (χ2n) is 3.25. The number of methoxy groups -OCH3 is 1. The van der Waals surface area contributed by atoms with Crippen molar-refractivity contribution >= 4 is 28.2 Å². The van der Waals surface area contributed by atoms with E-state index < -0.39 is 5.91 Å². The van der Waals surface area contributed by atoms with Gasteiger partial charge in [0.25, 0.3) is 5.91 Å². The molecule has 0 spiro atoms. The summed E-state index contributed by atoms with van der Waals surface area (Å²) < 4.78 is 4.83. The van der Waals surface area contributed by atoms with Crippen molar-refractivity contribution in [2.45, 2.75) is 0 Å². The number of primary amides is 1. The van der Waals surface area contributed by atoms with E-state index in [0.717, 1.165) is 0 Å². The Labute approximate surface area is 103 Å². The minimum atomic E-state index is -0.547. The largest absolute Gasteiger partial charge is 0.383 e. The zero-order chi connectivity index (χ0) is 12.7. The van der Waals surface area contributed by atoms with Gasteiger partial charge in [0.2, 0.25) is 5.91 Å². The molecule has 0 unspecified atom stereocenters. The van der Waals surface area contributed by atoms with Crippen molar-refractivity contribution in [1.29, 1.82) is 0 Å². The first-order valence-electron chi connectivity index (χ1n) is 5.02. The molecule has 1 aromatic rings. The van der Waals surface area contributed by atoms with E-state index in [0.29, 0.717) is 23.7 Å². The van der Waals surface area contributed by atoms with Crippen molar-refractivity contribution in [3.63, 3.8) is 0 Å². The summed E-state index contributed by atoms with van der Waals surface area (Å²) in [4.78, 5) is 22.5. The van der Waals surface area contributed by atoms with Crippen LogP contribution in [-0.4, -0.2) is 38.6 Å². The van der Waals surface area contributed by atoms with Gasteiger partial charge in [-0.1, -0.05) is 0 Å². The minimum absolute atomic E-state index is 0.166. The molecule has 0 fully saturated rings. The Kier molecular flexibility index (Phi) is 5.61. The van der Waals surface area contributed by atoms with Crippen molar-refractivity contribution in [3.8, 4) is 0 Å². The Balaban J connectivity index is 2.40. The number of carbonyl (C=O) groups excluding carboxylic acids is 2. The van der Waals surface area contributed by atoms with E-state index >= 15 is 0 Å². The summed E-state index contributed by atoms with van der Waals surface area (Å²) in [6.07, 6.45) is 0. The standard InChI is InChI=1S/C10H15N3O3S/c1-16-4-3-12-6-8(14)13-10-7(9(11)15)2-5-17-10/h2,5,12H,3-4,6H2,1H3,(H2,11,15)(H,13,14). The number of ether oxygens (including phenoxy) is 1. The Morgan fingerprint density at radius 3 is 2.94 bits per heavy atom. The molecule has 1 rings (SSSR count). The molecule has 7 heteroatoms. The number of rotatable bonds is 7. The van der Waals surface area contributed by atoms with Gasteiger partial charge in [0.05, 0.1) is 18.7 Å². The van der Waals surface area contributed by atoms with Crippen LogP contribution in [0, 0.1) is 0 Å². The average molecular weight is 257 g/mol. The van der Waals surface area contributed by atoms with Gasteiger partial charge < -0.3 is 21.1 Å². The molecule has 4 N–H and O–H groups in total. The molecule has 94 valence electrons. The Morgan fingerprint density at radius 1 is 1.53 bits per heavy atom. The monoisotopic (exact) mass is 257 g/mol. The lowest BCUT2D eigenvalue weighted by Gasteiger charge is -2.05. The van der Waals surface area contributed by atoms with Crippen molar-refractivity contribution < 1.29 is 14.3 Å². The summed E-state index contributed by atoms with van der Waals surface area (Å²) in [7, 11) is 1.59. The number of nitrogens with two attached hydrogens (primary N) is 1. The quantitative estimate of drug-likeness (QED) is 0.600. The fourth-order valence-corrected chi connectivity index (χ4v) is 1.96. The molecule has 0 aromatic carbocycles. The summed E-state index contributed by atoms with van der Waals surface area (Å²) in [6.45, 7) is 1.30. The van der Waals surface area contributed by atoms with Gasteiger partial charge in [0, 0.05) is 13.7 Å². The van der Waals surface area contributed by atoms with E-state index in [2.05, 4.69) is 10.6 Å². The summed E-state index contributed by atoms with van der Waals surface area (Å²) in [5.74, 6) is -0.764. The van der Waals surface area contributed by atoms with Crippen LogP contribution in [-0.2, 0) is 9.53 Å². The van der Waals surface area contributed by atoms with Gasteiger partial charge in [-0.3, -0.25) is 9.59 Å². The van der Waals surface area contributed by atoms with Gasteiger partial charge in [-0.2, -0.15) is 0 Å². The molecule has 0 aliphatic carbocycles. The third kappa shape index (κ3) is 4.51. The van der Waals surface area contributed by atoms with E-state index in [1.165, 1.54) is 11.3 Å². The lowest BCUT2D eigenvalue weighted by molar-refractivity contribution is -0.115. The summed E-state index contributed by atoms with van der Waals surface area (Å²) in [5, 5.41) is 7.71. The molecule has 0 aliphatic rings. The van der Waals surface area contributed by atoms with Gasteiger partial charge in [-0.25, -0.2) is 0 Å². The van der Waals surface area contributed by atoms with Crippen LogP contribution in [0.2, 0.25) is 0 Å². The third-order valence-electron chi connectivity index (χ3n) is 1.95. The first-order valence-corrected chi connectivity index (χ1v) is 5.90. The summed E-state index contributed by atoms with van der Waals surface area (Å²) in [6, 6.07) is 1.58. The van der Waals surface area contributed by atoms with Crippen LogP contribution in [0.4, 0.5) is 5.00 Å². The zero-order valence-corrected chi connectivity index (χ0v) is 10.3. The molecule has 6 nitrogen and oxygen atoms in total. The molecule has 0 bridgehead atoms. The van der Waals surface area contributed by atoms with E-state index in [4.69, 9.17) is 10.5 Å². The molecule has 1 heterocycles. The highest BCUT2D eigenvalue weighted by atomic mass is 32.1. The van der Waals surface area contributed by atoms with Crippen LogP contribution in [0.15, 0.2) is 11.4 Å². The number of thiophene rings is 1. The van der Waals surface area contributed by atoms with Gasteiger partial charge in [-0.15, -0.1) is 11.3 Å². The second-order valence-corrected chi connectivity index (χ2v) is 4.16. The number of hydrogen-bond acceptors (Lipinski definition) is 5. The van der Waals surface area contributed by atoms with Crippen molar-refractivity contribution in [2.75, 3.05) is 32.1 Å². The molecule has 1 aromatic heterocycles. The van der Waals surface area contributed by atoms with E-state index in [9.17, 15) is 9.59 Å². The maximum absolute atomic E-state index is 11.5. The number of anilines is 1. The van der Waals surface area contributed by atoms with Gasteiger partial charge in [0.15, 0.2) is 0 Å². The molecule has 0 saturated heterocycles. The topological polar surface area (TPSA) is 93.4 Å². The molecule has 0 aliphatic heterocycles. The lowest BCUT2D eigenvalue weighted by Crippen LogP contribution is -2.30. The molecule has 0 saturated carbocycles. The Hall–Kier alpha value is -1.44. The fraction of sp³-hybridized carbons (Fsp3) is 0.400. The molecule has 0 radical (unpaired) electrons. The van der Waals surface area contributed by atoms with Crippen LogP contribution in [0.3, 0.4) is 0 Å². The minimum Gasteiger partial charge on any atom is -0.383 e. The van der Waals surface area contributed by atoms with E-state index in [1.54, 1.807) is 18.6 Å². The molecule has 0 atom stereocenters. The van der Waals surface area contributed by atoms with Crippen LogP contribution in [0.25, 0.3) is 0 Å². The smallest absolute Gasteiger partial charge is 0.251 e. The highest BCUT2D eigenvalue weighted by Gasteiger charge is 2.11. The predicted octanol–water partition coefficient (Wildman–Crippen LogP) is 0.0215. The van der Waals surface area contributed by atoms with Crippen molar-refractivity contribution in [1.82, 2.24) is 5.32 Å². The van der Waals surface area contributed by atoms with Crippen molar-refractivity contribution in [3.05, 3.63) is 17.0 Å². The fourth-order valence-electron chi connectivity index (χ4n) is 1.15. The third-order valence-corrected chi connectivity index (χ3v) is 2.78. The van der Waals surface area contributed by atoms with Crippen LogP contribution in [0.5, 0.6) is 0 Å². The molecule has 2 amide bonds. The maximum Gasteiger partial charge on any atom is 0.251 e. The number of carbonyl (C=O) groups is 2. The maximum atomic E-state index is 11.5. The SMILES string of the molecule is COCCNCC(=O)Nc1sccc1C(N)=O. The van der Waals surface area contributed by atoms with Crippen molar-refractivity contribution in [2.24, 2.45) is 5.73 Å². The second kappa shape index (κ2) is 7.00. The molecule has 17 heavy (non-hydrogen) atoms. The van der Waals surface area contributed by atoms with Gasteiger partial charge >= 0.3 is 0 Å². The first kappa shape index (κ1) is 13.6. The van der Waals surface area contributed by atoms with Gasteiger partial charge in [-0.05, 0) is 11.4 Å². The van der Waals surface area contributed by atoms with E-state index in [1.807, 2.05) is 0 Å². The highest BCUT2D eigenvalue weighted by molar-refractivity contribution is 7.14. The summed E-state index contributed by atoms with van der Waals surface area (Å²) in [5.41, 5.74) is 5.49. The number of hydrogen-bond donors (Lipinski definition) is 3.